The molecule has 2 aromatic rings. The van der Waals surface area contributed by atoms with Crippen LogP contribution in [-0.4, -0.2) is 20.2 Å². The maximum atomic E-state index is 4.21. The van der Waals surface area contributed by atoms with Crippen molar-refractivity contribution in [3.8, 4) is 0 Å². The summed E-state index contributed by atoms with van der Waals surface area (Å²) in [6.45, 7) is 1.89. The number of aryl methyl sites for hydroxylation is 1. The fraction of sp³-hybridized carbons (Fsp3) is 0.222. The minimum Gasteiger partial charge on any atom is -0.263 e. The zero-order chi connectivity index (χ0) is 10.7. The van der Waals surface area contributed by atoms with Gasteiger partial charge in [-0.05, 0) is 34.5 Å². The molecule has 78 valence electrons. The van der Waals surface area contributed by atoms with E-state index >= 15 is 0 Å². The number of aromatic nitrogens is 4. The van der Waals surface area contributed by atoms with E-state index in [1.54, 1.807) is 18.0 Å². The molecule has 1 N–H and O–H groups in total. The van der Waals surface area contributed by atoms with Crippen molar-refractivity contribution >= 4 is 27.7 Å². The van der Waals surface area contributed by atoms with Gasteiger partial charge >= 0.3 is 0 Å². The van der Waals surface area contributed by atoms with Crippen LogP contribution in [0.15, 0.2) is 28.1 Å². The molecule has 0 aromatic carbocycles. The number of rotatable bonds is 3. The average Bonchev–Trinajstić information content (AvgIpc) is 2.62. The second-order valence-electron chi connectivity index (χ2n) is 3.00. The van der Waals surface area contributed by atoms with E-state index in [1.165, 1.54) is 0 Å². The van der Waals surface area contributed by atoms with E-state index in [2.05, 4.69) is 36.1 Å². The predicted molar refractivity (Wildman–Crippen MR) is 62.6 cm³/mol. The molecule has 4 nitrogen and oxygen atoms in total. The van der Waals surface area contributed by atoms with Crippen LogP contribution in [-0.2, 0) is 5.75 Å². The van der Waals surface area contributed by atoms with Crippen LogP contribution in [0.3, 0.4) is 0 Å². The molecule has 0 saturated carbocycles. The normalized spacial score (nSPS) is 10.5. The summed E-state index contributed by atoms with van der Waals surface area (Å²) in [7, 11) is 0. The van der Waals surface area contributed by atoms with Crippen molar-refractivity contribution in [3.63, 3.8) is 0 Å². The third-order valence-electron chi connectivity index (χ3n) is 1.71. The summed E-state index contributed by atoms with van der Waals surface area (Å²) in [6.07, 6.45) is 3.61. The number of hydrogen-bond acceptors (Lipinski definition) is 4. The van der Waals surface area contributed by atoms with Gasteiger partial charge in [0.05, 0.1) is 0 Å². The molecule has 2 aromatic heterocycles. The predicted octanol–water partition coefficient (Wildman–Crippen LogP) is 2.56. The third kappa shape index (κ3) is 3.04. The van der Waals surface area contributed by atoms with E-state index < -0.39 is 0 Å². The second-order valence-corrected chi connectivity index (χ2v) is 4.86. The molecule has 0 spiro atoms. The smallest absolute Gasteiger partial charge is 0.208 e. The van der Waals surface area contributed by atoms with E-state index in [-0.39, 0.29) is 0 Å². The lowest BCUT2D eigenvalue weighted by Crippen LogP contribution is -1.84. The number of thioether (sulfide) groups is 1. The first-order valence-electron chi connectivity index (χ1n) is 4.35. The molecule has 0 atom stereocenters. The molecule has 0 radical (unpaired) electrons. The highest BCUT2D eigenvalue weighted by atomic mass is 79.9. The van der Waals surface area contributed by atoms with Crippen LogP contribution in [0.5, 0.6) is 0 Å². The maximum Gasteiger partial charge on any atom is 0.208 e. The summed E-state index contributed by atoms with van der Waals surface area (Å²) >= 11 is 4.97. The Labute approximate surface area is 100 Å². The molecule has 2 rings (SSSR count). The van der Waals surface area contributed by atoms with Crippen molar-refractivity contribution in [2.24, 2.45) is 0 Å². The van der Waals surface area contributed by atoms with Gasteiger partial charge in [0.1, 0.15) is 5.82 Å². The second kappa shape index (κ2) is 4.76. The van der Waals surface area contributed by atoms with Gasteiger partial charge in [-0.25, -0.2) is 4.98 Å². The molecular weight excluding hydrogens is 276 g/mol. The summed E-state index contributed by atoms with van der Waals surface area (Å²) in [4.78, 5) is 8.31. The summed E-state index contributed by atoms with van der Waals surface area (Å²) in [5.74, 6) is 1.66. The van der Waals surface area contributed by atoms with Crippen LogP contribution < -0.4 is 0 Å². The highest BCUT2D eigenvalue weighted by Crippen LogP contribution is 2.20. The number of nitrogens with one attached hydrogen (secondary N) is 1. The van der Waals surface area contributed by atoms with E-state index in [9.17, 15) is 0 Å². The molecule has 0 aliphatic rings. The molecule has 0 saturated heterocycles. The number of H-pyrrole nitrogens is 1. The van der Waals surface area contributed by atoms with E-state index in [0.717, 1.165) is 26.8 Å². The number of pyridine rings is 1. The SMILES string of the molecule is Cc1nc(SCc2cncc(Br)c2)n[nH]1. The first-order chi connectivity index (χ1) is 7.24. The number of aromatic amines is 1. The van der Waals surface area contributed by atoms with Crippen LogP contribution in [0.25, 0.3) is 0 Å². The topological polar surface area (TPSA) is 54.5 Å². The van der Waals surface area contributed by atoms with Crippen LogP contribution in [0.1, 0.15) is 11.4 Å². The van der Waals surface area contributed by atoms with Gasteiger partial charge in [-0.2, -0.15) is 0 Å². The van der Waals surface area contributed by atoms with Crippen molar-refractivity contribution in [1.29, 1.82) is 0 Å². The molecule has 6 heteroatoms. The van der Waals surface area contributed by atoms with Gasteiger partial charge < -0.3 is 0 Å². The van der Waals surface area contributed by atoms with Crippen molar-refractivity contribution in [2.45, 2.75) is 17.8 Å². The summed E-state index contributed by atoms with van der Waals surface area (Å²) in [5.41, 5.74) is 1.15. The lowest BCUT2D eigenvalue weighted by molar-refractivity contribution is 0.969. The molecule has 0 bridgehead atoms. The minimum atomic E-state index is 0.771. The van der Waals surface area contributed by atoms with Gasteiger partial charge in [-0.15, -0.1) is 5.10 Å². The molecule has 0 unspecified atom stereocenters. The molecule has 0 fully saturated rings. The van der Waals surface area contributed by atoms with Gasteiger partial charge in [0.15, 0.2) is 0 Å². The van der Waals surface area contributed by atoms with E-state index in [0.29, 0.717) is 0 Å². The molecular formula is C9H9BrN4S. The monoisotopic (exact) mass is 284 g/mol. The van der Waals surface area contributed by atoms with E-state index in [1.807, 2.05) is 19.2 Å². The molecule has 0 aliphatic heterocycles. The highest BCUT2D eigenvalue weighted by molar-refractivity contribution is 9.10. The molecule has 15 heavy (non-hydrogen) atoms. The zero-order valence-electron chi connectivity index (χ0n) is 8.07. The Morgan fingerprint density at radius 1 is 1.47 bits per heavy atom. The third-order valence-corrected chi connectivity index (χ3v) is 3.06. The Bertz CT molecular complexity index is 457. The van der Waals surface area contributed by atoms with Crippen LogP contribution in [0.4, 0.5) is 0 Å². The quantitative estimate of drug-likeness (QED) is 0.881. The van der Waals surface area contributed by atoms with Gasteiger partial charge in [-0.1, -0.05) is 11.8 Å². The van der Waals surface area contributed by atoms with Gasteiger partial charge in [0.2, 0.25) is 5.16 Å². The van der Waals surface area contributed by atoms with Crippen LogP contribution >= 0.6 is 27.7 Å². The minimum absolute atomic E-state index is 0.771. The van der Waals surface area contributed by atoms with E-state index in [4.69, 9.17) is 0 Å². The van der Waals surface area contributed by atoms with Crippen LogP contribution in [0.2, 0.25) is 0 Å². The number of halogens is 1. The Hall–Kier alpha value is -0.880. The molecule has 0 amide bonds. The highest BCUT2D eigenvalue weighted by Gasteiger charge is 2.01. The average molecular weight is 285 g/mol. The summed E-state index contributed by atoms with van der Waals surface area (Å²) in [5, 5.41) is 7.63. The Balaban J connectivity index is 1.99. The van der Waals surface area contributed by atoms with Gasteiger partial charge in [-0.3, -0.25) is 10.1 Å². The fourth-order valence-electron chi connectivity index (χ4n) is 1.07. The number of nitrogens with zero attached hydrogens (tertiary/aromatic N) is 3. The maximum absolute atomic E-state index is 4.21. The Morgan fingerprint density at radius 3 is 3.00 bits per heavy atom. The van der Waals surface area contributed by atoms with Crippen molar-refractivity contribution in [2.75, 3.05) is 0 Å². The Kier molecular flexibility index (Phi) is 3.37. The van der Waals surface area contributed by atoms with Gasteiger partial charge in [0, 0.05) is 22.6 Å². The lowest BCUT2D eigenvalue weighted by atomic mass is 10.3. The largest absolute Gasteiger partial charge is 0.263 e. The number of hydrogen-bond donors (Lipinski definition) is 1. The first kappa shape index (κ1) is 10.6. The van der Waals surface area contributed by atoms with Gasteiger partial charge in [0.25, 0.3) is 0 Å². The summed E-state index contributed by atoms with van der Waals surface area (Å²) in [6, 6.07) is 2.04. The standard InChI is InChI=1S/C9H9BrN4S/c1-6-12-9(14-13-6)15-5-7-2-8(10)4-11-3-7/h2-4H,5H2,1H3,(H,12,13,14). The van der Waals surface area contributed by atoms with Crippen molar-refractivity contribution in [1.82, 2.24) is 20.2 Å². The molecule has 0 aliphatic carbocycles. The first-order valence-corrected chi connectivity index (χ1v) is 6.13. The lowest BCUT2D eigenvalue weighted by Gasteiger charge is -1.97. The van der Waals surface area contributed by atoms with Crippen molar-refractivity contribution < 1.29 is 0 Å². The molecule has 2 heterocycles. The Morgan fingerprint density at radius 2 is 2.33 bits per heavy atom. The zero-order valence-corrected chi connectivity index (χ0v) is 10.5. The summed E-state index contributed by atoms with van der Waals surface area (Å²) < 4.78 is 0.992. The van der Waals surface area contributed by atoms with Crippen LogP contribution in [0, 0.1) is 6.92 Å². The van der Waals surface area contributed by atoms with Crippen molar-refractivity contribution in [3.05, 3.63) is 34.3 Å². The fourth-order valence-corrected chi connectivity index (χ4v) is 2.25.